The van der Waals surface area contributed by atoms with Crippen LogP contribution in [0.25, 0.3) is 0 Å². The van der Waals surface area contributed by atoms with E-state index in [-0.39, 0.29) is 28.3 Å². The molecule has 1 saturated heterocycles. The SMILES string of the molecule is C=C(/C(=C/C=C(\C)N([C@@H](c1ccc(Cl)cc1)[C@H](C)c1ccc(O)cc1)S(=O)(=O)c1ccccc1C)C(C)=O)N1CCN(C(C)=O)CC1. The molecule has 47 heavy (non-hydrogen) atoms. The molecule has 1 amide bonds. The molecule has 3 aromatic rings. The number of ketones is 1. The number of phenols is 1. The van der Waals surface area contributed by atoms with Crippen LogP contribution >= 0.6 is 11.6 Å². The van der Waals surface area contributed by atoms with E-state index in [0.29, 0.717) is 59.3 Å². The number of nitrogens with zero attached hydrogens (tertiary/aromatic N) is 3. The third kappa shape index (κ3) is 8.15. The predicted molar refractivity (Wildman–Crippen MR) is 186 cm³/mol. The summed E-state index contributed by atoms with van der Waals surface area (Å²) < 4.78 is 31.0. The van der Waals surface area contributed by atoms with Gasteiger partial charge in [-0.25, -0.2) is 8.42 Å². The number of halogens is 1. The maximum absolute atomic E-state index is 14.8. The number of carbonyl (C=O) groups is 2. The number of benzene rings is 3. The third-order valence-electron chi connectivity index (χ3n) is 8.62. The normalized spacial score (nSPS) is 15.6. The van der Waals surface area contributed by atoms with Gasteiger partial charge in [-0.05, 0) is 79.9 Å². The van der Waals surface area contributed by atoms with Gasteiger partial charge < -0.3 is 14.9 Å². The molecule has 0 unspecified atom stereocenters. The monoisotopic (exact) mass is 675 g/mol. The summed E-state index contributed by atoms with van der Waals surface area (Å²) in [4.78, 5) is 28.7. The van der Waals surface area contributed by atoms with Gasteiger partial charge in [0.05, 0.1) is 10.9 Å². The summed E-state index contributed by atoms with van der Waals surface area (Å²) in [6.45, 7) is 14.7. The Kier molecular flexibility index (Phi) is 11.4. The maximum atomic E-state index is 14.8. The molecule has 2 atom stereocenters. The number of Topliss-reactive ketones (excluding diaryl/α,β-unsaturated/α-hetero) is 1. The standard InChI is InChI=1S/C37H42ClN3O5S/c1-25-9-7-8-10-36(25)47(45,46)41(37(32-12-16-33(38)17-13-32)27(3)31-14-18-34(44)19-15-31)26(2)11-20-35(29(5)42)28(4)39-21-23-40(24-22-39)30(6)43/h7-20,27,37,44H,4,21-24H2,1-3,5-6H3/b26-11+,35-20-/t27-,37-/m1/s1. The van der Waals surface area contributed by atoms with Crippen LogP contribution in [0.1, 0.15) is 56.3 Å². The molecule has 10 heteroatoms. The lowest BCUT2D eigenvalue weighted by Gasteiger charge is -2.38. The summed E-state index contributed by atoms with van der Waals surface area (Å²) in [7, 11) is -4.17. The molecule has 248 valence electrons. The van der Waals surface area contributed by atoms with Crippen molar-refractivity contribution in [2.24, 2.45) is 0 Å². The number of aromatic hydroxyl groups is 1. The van der Waals surface area contributed by atoms with Gasteiger partial charge in [0.2, 0.25) is 5.91 Å². The summed E-state index contributed by atoms with van der Waals surface area (Å²) >= 11 is 6.27. The lowest BCUT2D eigenvalue weighted by Crippen LogP contribution is -2.47. The summed E-state index contributed by atoms with van der Waals surface area (Å²) in [5, 5.41) is 10.5. The van der Waals surface area contributed by atoms with Crippen molar-refractivity contribution in [1.82, 2.24) is 14.1 Å². The predicted octanol–water partition coefficient (Wildman–Crippen LogP) is 6.99. The molecular weight excluding hydrogens is 634 g/mol. The average molecular weight is 676 g/mol. The largest absolute Gasteiger partial charge is 0.508 e. The second-order valence-corrected chi connectivity index (χ2v) is 14.0. The Morgan fingerprint density at radius 1 is 0.872 bits per heavy atom. The molecule has 0 radical (unpaired) electrons. The highest BCUT2D eigenvalue weighted by Crippen LogP contribution is 2.42. The highest BCUT2D eigenvalue weighted by molar-refractivity contribution is 7.89. The number of rotatable bonds is 11. The van der Waals surface area contributed by atoms with Crippen molar-refractivity contribution < 1.29 is 23.1 Å². The second-order valence-electron chi connectivity index (χ2n) is 11.8. The molecule has 0 spiro atoms. The fourth-order valence-electron chi connectivity index (χ4n) is 5.91. The van der Waals surface area contributed by atoms with Crippen molar-refractivity contribution in [1.29, 1.82) is 0 Å². The van der Waals surface area contributed by atoms with Crippen LogP contribution in [0.2, 0.25) is 5.02 Å². The van der Waals surface area contributed by atoms with Crippen molar-refractivity contribution in [3.63, 3.8) is 0 Å². The number of hydrogen-bond donors (Lipinski definition) is 1. The van der Waals surface area contributed by atoms with Crippen molar-refractivity contribution in [3.8, 4) is 5.75 Å². The van der Waals surface area contributed by atoms with Gasteiger partial charge in [-0.15, -0.1) is 0 Å². The molecule has 4 rings (SSSR count). The Morgan fingerprint density at radius 3 is 1.98 bits per heavy atom. The van der Waals surface area contributed by atoms with Crippen LogP contribution in [-0.4, -0.2) is 65.5 Å². The number of sulfonamides is 1. The van der Waals surface area contributed by atoms with Gasteiger partial charge in [0, 0.05) is 61.0 Å². The van der Waals surface area contributed by atoms with Crippen LogP contribution in [-0.2, 0) is 19.6 Å². The molecule has 3 aromatic carbocycles. The number of carbonyl (C=O) groups excluding carboxylic acids is 2. The van der Waals surface area contributed by atoms with Crippen LogP contribution in [0.5, 0.6) is 5.75 Å². The number of aryl methyl sites for hydroxylation is 1. The van der Waals surface area contributed by atoms with Crippen LogP contribution in [0, 0.1) is 6.92 Å². The van der Waals surface area contributed by atoms with Crippen molar-refractivity contribution in [3.05, 3.63) is 130 Å². The first-order valence-corrected chi connectivity index (χ1v) is 17.3. The molecule has 0 saturated carbocycles. The number of allylic oxidation sites excluding steroid dienone is 4. The maximum Gasteiger partial charge on any atom is 0.264 e. The minimum absolute atomic E-state index is 0.00267. The first kappa shape index (κ1) is 35.5. The fourth-order valence-corrected chi connectivity index (χ4v) is 8.02. The Labute approximate surface area is 283 Å². The van der Waals surface area contributed by atoms with Crippen LogP contribution < -0.4 is 0 Å². The molecule has 1 aliphatic heterocycles. The van der Waals surface area contributed by atoms with E-state index in [0.717, 1.165) is 5.56 Å². The Hall–Kier alpha value is -4.34. The van der Waals surface area contributed by atoms with E-state index >= 15 is 0 Å². The highest BCUT2D eigenvalue weighted by atomic mass is 35.5. The van der Waals surface area contributed by atoms with Gasteiger partial charge in [0.1, 0.15) is 5.75 Å². The van der Waals surface area contributed by atoms with Crippen LogP contribution in [0.15, 0.2) is 113 Å². The van der Waals surface area contributed by atoms with Gasteiger partial charge >= 0.3 is 0 Å². The molecule has 1 N–H and O–H groups in total. The molecule has 0 aromatic heterocycles. The quantitative estimate of drug-likeness (QED) is 0.174. The minimum Gasteiger partial charge on any atom is -0.508 e. The van der Waals surface area contributed by atoms with E-state index < -0.39 is 16.1 Å². The smallest absolute Gasteiger partial charge is 0.264 e. The lowest BCUT2D eigenvalue weighted by molar-refractivity contribution is -0.130. The molecule has 0 bridgehead atoms. The highest BCUT2D eigenvalue weighted by Gasteiger charge is 2.37. The van der Waals surface area contributed by atoms with Gasteiger partial charge in [-0.2, -0.15) is 0 Å². The zero-order valence-corrected chi connectivity index (χ0v) is 29.1. The van der Waals surface area contributed by atoms with Crippen molar-refractivity contribution in [2.75, 3.05) is 26.2 Å². The molecular formula is C37H42ClN3O5S. The average Bonchev–Trinajstić information content (AvgIpc) is 3.04. The Balaban J connectivity index is 1.88. The second kappa shape index (κ2) is 15.0. The number of hydrogen-bond acceptors (Lipinski definition) is 6. The van der Waals surface area contributed by atoms with Crippen LogP contribution in [0.4, 0.5) is 0 Å². The topological polar surface area (TPSA) is 98.2 Å². The molecule has 0 aliphatic carbocycles. The molecule has 1 heterocycles. The zero-order valence-electron chi connectivity index (χ0n) is 27.5. The summed E-state index contributed by atoms with van der Waals surface area (Å²) in [5.41, 5.74) is 3.37. The van der Waals surface area contributed by atoms with Gasteiger partial charge in [0.15, 0.2) is 5.78 Å². The van der Waals surface area contributed by atoms with E-state index in [9.17, 15) is 23.1 Å². The zero-order chi connectivity index (χ0) is 34.5. The summed E-state index contributed by atoms with van der Waals surface area (Å²) in [6, 6.07) is 19.9. The third-order valence-corrected chi connectivity index (χ3v) is 10.9. The summed E-state index contributed by atoms with van der Waals surface area (Å²) in [6.07, 6.45) is 3.28. The number of amides is 1. The Bertz CT molecular complexity index is 1790. The van der Waals surface area contributed by atoms with E-state index in [1.54, 1.807) is 91.6 Å². The van der Waals surface area contributed by atoms with Crippen molar-refractivity contribution in [2.45, 2.75) is 51.5 Å². The lowest BCUT2D eigenvalue weighted by atomic mass is 9.88. The minimum atomic E-state index is -4.17. The fraction of sp³-hybridized carbons (Fsp3) is 0.297. The molecule has 1 aliphatic rings. The molecule has 8 nitrogen and oxygen atoms in total. The first-order valence-electron chi connectivity index (χ1n) is 15.5. The first-order chi connectivity index (χ1) is 22.2. The Morgan fingerprint density at radius 2 is 1.43 bits per heavy atom. The van der Waals surface area contributed by atoms with E-state index in [1.165, 1.54) is 18.2 Å². The van der Waals surface area contributed by atoms with Crippen LogP contribution in [0.3, 0.4) is 0 Å². The van der Waals surface area contributed by atoms with Crippen molar-refractivity contribution >= 4 is 33.3 Å². The summed E-state index contributed by atoms with van der Waals surface area (Å²) in [5.74, 6) is -0.493. The molecule has 1 fully saturated rings. The van der Waals surface area contributed by atoms with E-state index in [2.05, 4.69) is 6.58 Å². The number of piperazine rings is 1. The van der Waals surface area contributed by atoms with E-state index in [4.69, 9.17) is 11.6 Å². The van der Waals surface area contributed by atoms with Gasteiger partial charge in [-0.3, -0.25) is 13.9 Å². The van der Waals surface area contributed by atoms with Gasteiger partial charge in [0.25, 0.3) is 10.0 Å². The van der Waals surface area contributed by atoms with Gasteiger partial charge in [-0.1, -0.05) is 67.6 Å². The van der Waals surface area contributed by atoms with E-state index in [1.807, 2.05) is 24.0 Å². The number of phenolic OH excluding ortho intramolecular Hbond substituents is 1.